The Bertz CT molecular complexity index is 434. The van der Waals surface area contributed by atoms with Gasteiger partial charge in [0.05, 0.1) is 12.9 Å². The van der Waals surface area contributed by atoms with Gasteiger partial charge in [0.25, 0.3) is 0 Å². The molecule has 0 aliphatic heterocycles. The lowest BCUT2D eigenvalue weighted by Gasteiger charge is -2.10. The molecule has 0 fully saturated rings. The highest BCUT2D eigenvalue weighted by Gasteiger charge is 2.35. The molecule has 0 aromatic carbocycles. The monoisotopic (exact) mass is 247 g/mol. The van der Waals surface area contributed by atoms with E-state index in [1.807, 2.05) is 0 Å². The smallest absolute Gasteiger partial charge is 0.421 e. The molecule has 0 radical (unpaired) electrons. The number of aromatic nitrogens is 1. The second-order valence-electron chi connectivity index (χ2n) is 2.74. The highest BCUT2D eigenvalue weighted by molar-refractivity contribution is 7.80. The van der Waals surface area contributed by atoms with Gasteiger partial charge in [-0.2, -0.15) is 25.8 Å². The first-order valence-electron chi connectivity index (χ1n) is 4.20. The Morgan fingerprint density at radius 1 is 1.50 bits per heavy atom. The number of thiol groups is 1. The summed E-state index contributed by atoms with van der Waals surface area (Å²) in [6.07, 6.45) is -3.28. The van der Waals surface area contributed by atoms with Crippen molar-refractivity contribution < 1.29 is 17.9 Å². The first kappa shape index (κ1) is 12.7. The number of hydrogen-bond donors (Lipinski definition) is 1. The first-order valence-corrected chi connectivity index (χ1v) is 4.83. The third kappa shape index (κ3) is 3.07. The molecule has 0 spiro atoms. The molecule has 16 heavy (non-hydrogen) atoms. The maximum Gasteiger partial charge on any atom is 0.421 e. The van der Waals surface area contributed by atoms with Crippen molar-refractivity contribution in [3.63, 3.8) is 0 Å². The molecule has 2 nitrogen and oxygen atoms in total. The molecule has 1 rings (SSSR count). The molecule has 0 N–H and O–H groups in total. The van der Waals surface area contributed by atoms with Crippen molar-refractivity contribution in [1.29, 1.82) is 0 Å². The second-order valence-corrected chi connectivity index (χ2v) is 3.05. The average Bonchev–Trinajstić information content (AvgIpc) is 2.24. The van der Waals surface area contributed by atoms with Gasteiger partial charge in [-0.25, -0.2) is 4.98 Å². The molecular formula is C10H8F3NOS. The highest BCUT2D eigenvalue weighted by atomic mass is 32.1. The van der Waals surface area contributed by atoms with Crippen molar-refractivity contribution >= 4 is 12.6 Å². The second kappa shape index (κ2) is 5.12. The van der Waals surface area contributed by atoms with Gasteiger partial charge in [-0.15, -0.1) is 0 Å². The van der Waals surface area contributed by atoms with E-state index in [9.17, 15) is 13.2 Å². The highest BCUT2D eigenvalue weighted by Crippen LogP contribution is 2.35. The lowest BCUT2D eigenvalue weighted by molar-refractivity contribution is -0.139. The van der Waals surface area contributed by atoms with Crippen LogP contribution < -0.4 is 4.74 Å². The van der Waals surface area contributed by atoms with Crippen LogP contribution in [0.15, 0.2) is 12.3 Å². The summed E-state index contributed by atoms with van der Waals surface area (Å²) in [4.78, 5) is 3.55. The maximum absolute atomic E-state index is 12.6. The van der Waals surface area contributed by atoms with E-state index in [-0.39, 0.29) is 11.3 Å². The lowest BCUT2D eigenvalue weighted by Crippen LogP contribution is -2.09. The lowest BCUT2D eigenvalue weighted by atomic mass is 10.2. The van der Waals surface area contributed by atoms with Gasteiger partial charge in [-0.3, -0.25) is 0 Å². The van der Waals surface area contributed by atoms with Crippen LogP contribution in [0.1, 0.15) is 11.1 Å². The van der Waals surface area contributed by atoms with Gasteiger partial charge in [-0.05, 0) is 6.07 Å². The topological polar surface area (TPSA) is 22.1 Å². The zero-order valence-corrected chi connectivity index (χ0v) is 9.19. The van der Waals surface area contributed by atoms with Crippen LogP contribution in [0.5, 0.6) is 5.88 Å². The number of pyridine rings is 1. The Kier molecular flexibility index (Phi) is 4.07. The summed E-state index contributed by atoms with van der Waals surface area (Å²) in [5.74, 6) is 4.88. The van der Waals surface area contributed by atoms with Crippen LogP contribution in [-0.4, -0.2) is 17.8 Å². The molecule has 1 heterocycles. The minimum atomic E-state index is -4.50. The molecule has 86 valence electrons. The molecule has 0 saturated carbocycles. The molecule has 0 aliphatic carbocycles. The third-order valence-electron chi connectivity index (χ3n) is 1.66. The molecule has 6 heteroatoms. The summed E-state index contributed by atoms with van der Waals surface area (Å²) < 4.78 is 42.2. The maximum atomic E-state index is 12.6. The Balaban J connectivity index is 3.22. The first-order chi connectivity index (χ1) is 7.49. The van der Waals surface area contributed by atoms with Gasteiger partial charge in [0.15, 0.2) is 0 Å². The molecule has 1 aromatic rings. The van der Waals surface area contributed by atoms with Crippen molar-refractivity contribution in [1.82, 2.24) is 4.98 Å². The van der Waals surface area contributed by atoms with E-state index in [1.165, 1.54) is 6.20 Å². The minimum absolute atomic E-state index is 0.183. The number of nitrogens with zero attached hydrogens (tertiary/aromatic N) is 1. The van der Waals surface area contributed by atoms with Crippen molar-refractivity contribution in [2.75, 3.05) is 12.9 Å². The quantitative estimate of drug-likeness (QED) is 0.608. The summed E-state index contributed by atoms with van der Waals surface area (Å²) in [6, 6.07) is 0.905. The van der Waals surface area contributed by atoms with Crippen LogP contribution in [0.3, 0.4) is 0 Å². The van der Waals surface area contributed by atoms with E-state index in [2.05, 4.69) is 34.2 Å². The summed E-state index contributed by atoms with van der Waals surface area (Å²) in [5.41, 5.74) is -0.747. The third-order valence-corrected chi connectivity index (χ3v) is 1.82. The van der Waals surface area contributed by atoms with E-state index in [4.69, 9.17) is 0 Å². The number of alkyl halides is 3. The van der Waals surface area contributed by atoms with E-state index in [0.717, 1.165) is 13.2 Å². The van der Waals surface area contributed by atoms with Gasteiger partial charge >= 0.3 is 6.18 Å². The van der Waals surface area contributed by atoms with Gasteiger partial charge < -0.3 is 4.74 Å². The number of methoxy groups -OCH3 is 1. The fourth-order valence-corrected chi connectivity index (χ4v) is 1.11. The normalized spacial score (nSPS) is 10.6. The zero-order chi connectivity index (χ0) is 12.2. The Hall–Kier alpha value is -1.35. The summed E-state index contributed by atoms with van der Waals surface area (Å²) in [7, 11) is 1.14. The van der Waals surface area contributed by atoms with Gasteiger partial charge in [0, 0.05) is 11.8 Å². The number of halogens is 3. The molecular weight excluding hydrogens is 239 g/mol. The van der Waals surface area contributed by atoms with Gasteiger partial charge in [0.1, 0.15) is 5.56 Å². The van der Waals surface area contributed by atoms with E-state index < -0.39 is 17.6 Å². The molecule has 0 saturated heterocycles. The van der Waals surface area contributed by atoms with E-state index >= 15 is 0 Å². The van der Waals surface area contributed by atoms with Gasteiger partial charge in [0.2, 0.25) is 5.88 Å². The van der Waals surface area contributed by atoms with E-state index in [0.29, 0.717) is 0 Å². The molecule has 0 aliphatic rings. The largest absolute Gasteiger partial charge is 0.481 e. The Morgan fingerprint density at radius 3 is 2.69 bits per heavy atom. The summed E-state index contributed by atoms with van der Waals surface area (Å²) in [5, 5.41) is 0. The number of ether oxygens (including phenoxy) is 1. The van der Waals surface area contributed by atoms with Gasteiger partial charge in [-0.1, -0.05) is 11.8 Å². The molecule has 1 aromatic heterocycles. The van der Waals surface area contributed by atoms with E-state index in [1.54, 1.807) is 0 Å². The minimum Gasteiger partial charge on any atom is -0.481 e. The van der Waals surface area contributed by atoms with Crippen molar-refractivity contribution in [2.45, 2.75) is 6.18 Å². The fraction of sp³-hybridized carbons (Fsp3) is 0.300. The fourth-order valence-electron chi connectivity index (χ4n) is 1.03. The standard InChI is InChI=1S/C10H8F3NOS/c1-15-9-8(10(11,12)13)5-7(6-14-9)3-2-4-16/h5-6,16H,4H2,1H3. The van der Waals surface area contributed by atoms with Crippen molar-refractivity contribution in [2.24, 2.45) is 0 Å². The molecule has 0 bridgehead atoms. The molecule has 0 unspecified atom stereocenters. The summed E-state index contributed by atoms with van der Waals surface area (Å²) >= 11 is 3.83. The zero-order valence-electron chi connectivity index (χ0n) is 8.30. The van der Waals surface area contributed by atoms with Crippen molar-refractivity contribution in [3.05, 3.63) is 23.4 Å². The van der Waals surface area contributed by atoms with Crippen LogP contribution in [0.25, 0.3) is 0 Å². The van der Waals surface area contributed by atoms with Crippen LogP contribution in [-0.2, 0) is 6.18 Å². The predicted molar refractivity (Wildman–Crippen MR) is 56.5 cm³/mol. The molecule has 0 amide bonds. The Morgan fingerprint density at radius 2 is 2.19 bits per heavy atom. The van der Waals surface area contributed by atoms with Crippen LogP contribution >= 0.6 is 12.6 Å². The van der Waals surface area contributed by atoms with Crippen LogP contribution in [0, 0.1) is 11.8 Å². The van der Waals surface area contributed by atoms with Crippen LogP contribution in [0.4, 0.5) is 13.2 Å². The summed E-state index contributed by atoms with van der Waals surface area (Å²) in [6.45, 7) is 0. The number of rotatable bonds is 1. The number of hydrogen-bond acceptors (Lipinski definition) is 3. The predicted octanol–water partition coefficient (Wildman–Crippen LogP) is 2.39. The Labute approximate surface area is 96.2 Å². The SMILES string of the molecule is COc1ncc(C#CCS)cc1C(F)(F)F. The molecule has 0 atom stereocenters. The average molecular weight is 247 g/mol. The van der Waals surface area contributed by atoms with Crippen molar-refractivity contribution in [3.8, 4) is 17.7 Å². The van der Waals surface area contributed by atoms with Crippen LogP contribution in [0.2, 0.25) is 0 Å².